The molecule has 1 aliphatic rings. The van der Waals surface area contributed by atoms with Crippen molar-refractivity contribution in [3.05, 3.63) is 229 Å². The zero-order valence-corrected chi connectivity index (χ0v) is 48.5. The Labute approximate surface area is 465 Å². The first-order valence-electron chi connectivity index (χ1n) is 27.0. The van der Waals surface area contributed by atoms with Gasteiger partial charge < -0.3 is 4.42 Å². The number of fused-ring (bicyclic) bond motifs is 5. The van der Waals surface area contributed by atoms with Gasteiger partial charge in [0.05, 0.1) is 25.2 Å². The van der Waals surface area contributed by atoms with Gasteiger partial charge in [-0.2, -0.15) is 0 Å². The van der Waals surface area contributed by atoms with Crippen LogP contribution in [0, 0.1) is 11.8 Å². The molecular weight excluding hydrogens is 1120 g/mol. The summed E-state index contributed by atoms with van der Waals surface area (Å²) in [6.45, 7) is 16.3. The Hall–Kier alpha value is -7.08. The van der Waals surface area contributed by atoms with Crippen LogP contribution >= 0.6 is 0 Å². The molecular formula is C70H69IrN3OSi. The van der Waals surface area contributed by atoms with Crippen molar-refractivity contribution in [2.24, 2.45) is 11.8 Å². The molecule has 1 radical (unpaired) electrons. The van der Waals surface area contributed by atoms with Crippen molar-refractivity contribution >= 4 is 46.0 Å². The number of pyridine rings is 3. The minimum atomic E-state index is -1.33. The molecule has 11 aromatic rings. The Morgan fingerprint density at radius 1 is 0.500 bits per heavy atom. The Kier molecular flexibility index (Phi) is 17.2. The molecule has 76 heavy (non-hydrogen) atoms. The Bertz CT molecular complexity index is 3710. The zero-order valence-electron chi connectivity index (χ0n) is 45.1. The first-order valence-corrected chi connectivity index (χ1v) is 30.5. The van der Waals surface area contributed by atoms with E-state index in [1.165, 1.54) is 78.9 Å². The van der Waals surface area contributed by atoms with Gasteiger partial charge in [0.1, 0.15) is 11.2 Å². The van der Waals surface area contributed by atoms with E-state index in [0.717, 1.165) is 75.8 Å². The van der Waals surface area contributed by atoms with Gasteiger partial charge in [-0.1, -0.05) is 187 Å². The molecule has 0 amide bonds. The Morgan fingerprint density at radius 3 is 1.79 bits per heavy atom. The number of furan rings is 1. The molecule has 0 saturated heterocycles. The molecule has 0 atom stereocenters. The summed E-state index contributed by atoms with van der Waals surface area (Å²) in [5.41, 5.74) is 19.0. The van der Waals surface area contributed by atoms with Crippen LogP contribution in [0.2, 0.25) is 19.6 Å². The molecule has 0 aliphatic heterocycles. The maximum Gasteiger partial charge on any atom is 0.145 e. The number of aromatic nitrogens is 3. The second-order valence-corrected chi connectivity index (χ2v) is 27.1. The van der Waals surface area contributed by atoms with E-state index in [9.17, 15) is 0 Å². The van der Waals surface area contributed by atoms with Gasteiger partial charge in [-0.25, -0.2) is 0 Å². The summed E-state index contributed by atoms with van der Waals surface area (Å²) in [6.07, 6.45) is 12.9. The van der Waals surface area contributed by atoms with E-state index < -0.39 is 8.07 Å². The van der Waals surface area contributed by atoms with Gasteiger partial charge in [0.25, 0.3) is 0 Å². The Balaban J connectivity index is 0.000000160. The van der Waals surface area contributed by atoms with Crippen molar-refractivity contribution < 1.29 is 24.5 Å². The van der Waals surface area contributed by atoms with Crippen LogP contribution in [0.3, 0.4) is 0 Å². The third-order valence-electron chi connectivity index (χ3n) is 14.4. The van der Waals surface area contributed by atoms with Crippen molar-refractivity contribution in [2.45, 2.75) is 85.9 Å². The number of rotatable bonds is 10. The van der Waals surface area contributed by atoms with Gasteiger partial charge in [0, 0.05) is 66.2 Å². The van der Waals surface area contributed by atoms with Crippen LogP contribution in [0.25, 0.3) is 88.7 Å². The minimum Gasteiger partial charge on any atom is -0.455 e. The molecule has 4 heterocycles. The molecule has 0 N–H and O–H groups in total. The van der Waals surface area contributed by atoms with E-state index in [1.54, 1.807) is 0 Å². The maximum absolute atomic E-state index is 6.80. The number of aryl methyl sites for hydroxylation is 1. The molecule has 383 valence electrons. The standard InChI is InChI=1S/C37H27NO.C18H25NSi.C15H17N.Ir/c1-2-8-24(9-3-1)28-16-17-32-34(23-28)39-37-33(36-31-13-7-6-11-26(31)20-21-38-36)19-18-30(35(32)37)29-15-14-25-10-4-5-12-27(25)22-29;1-14(2)11-16-12-17(15-9-7-6-8-10-15)19-13-18(16)20(3,4)5;1-12(2)10-13-8-9-16-15(11-13)14-6-4-3-5-7-14;/h1-5,8-10,12,14-23H,6-7,11,13H2;6-10,12-14H,11H2,1-5H3;3-9,11-12H,10H2,1-2H3;. The van der Waals surface area contributed by atoms with E-state index in [1.807, 2.05) is 30.6 Å². The molecule has 12 rings (SSSR count). The van der Waals surface area contributed by atoms with Gasteiger partial charge >= 0.3 is 0 Å². The van der Waals surface area contributed by atoms with E-state index in [0.29, 0.717) is 11.8 Å². The normalized spacial score (nSPS) is 12.2. The summed E-state index contributed by atoms with van der Waals surface area (Å²) in [5, 5.41) is 6.29. The van der Waals surface area contributed by atoms with E-state index in [2.05, 4.69) is 228 Å². The molecule has 0 unspecified atom stereocenters. The van der Waals surface area contributed by atoms with Crippen LogP contribution in [0.15, 0.2) is 211 Å². The first-order chi connectivity index (χ1) is 36.5. The zero-order chi connectivity index (χ0) is 51.9. The monoisotopic (exact) mass is 1190 g/mol. The van der Waals surface area contributed by atoms with Gasteiger partial charge in [0.15, 0.2) is 0 Å². The molecule has 1 aliphatic carbocycles. The fourth-order valence-electron chi connectivity index (χ4n) is 10.8. The molecule has 6 heteroatoms. The van der Waals surface area contributed by atoms with E-state index >= 15 is 0 Å². The summed E-state index contributed by atoms with van der Waals surface area (Å²) in [6, 6.07) is 66.5. The molecule has 0 saturated carbocycles. The quantitative estimate of drug-likeness (QED) is 0.128. The summed E-state index contributed by atoms with van der Waals surface area (Å²) in [5.74, 6) is 1.36. The third-order valence-corrected chi connectivity index (χ3v) is 16.4. The van der Waals surface area contributed by atoms with Crippen molar-refractivity contribution in [3.63, 3.8) is 0 Å². The number of hydrogen-bond donors (Lipinski definition) is 0. The fourth-order valence-corrected chi connectivity index (χ4v) is 12.3. The fraction of sp³-hybridized carbons (Fsp3) is 0.214. The smallest absolute Gasteiger partial charge is 0.145 e. The van der Waals surface area contributed by atoms with Crippen LogP contribution < -0.4 is 5.19 Å². The summed E-state index contributed by atoms with van der Waals surface area (Å²) in [7, 11) is -1.33. The predicted molar refractivity (Wildman–Crippen MR) is 321 cm³/mol. The van der Waals surface area contributed by atoms with Crippen molar-refractivity contribution in [2.75, 3.05) is 0 Å². The summed E-state index contributed by atoms with van der Waals surface area (Å²) >= 11 is 0. The number of nitrogens with zero attached hydrogens (tertiary/aromatic N) is 3. The summed E-state index contributed by atoms with van der Waals surface area (Å²) < 4.78 is 6.80. The van der Waals surface area contributed by atoms with Crippen molar-refractivity contribution in [1.82, 2.24) is 15.0 Å². The number of hydrogen-bond acceptors (Lipinski definition) is 4. The van der Waals surface area contributed by atoms with Crippen molar-refractivity contribution in [3.8, 4) is 56.0 Å². The topological polar surface area (TPSA) is 51.8 Å². The van der Waals surface area contributed by atoms with Gasteiger partial charge in [-0.05, 0) is 159 Å². The molecule has 4 aromatic heterocycles. The predicted octanol–water partition coefficient (Wildman–Crippen LogP) is 18.5. The Morgan fingerprint density at radius 2 is 1.11 bits per heavy atom. The average Bonchev–Trinajstić information content (AvgIpc) is 3.84. The van der Waals surface area contributed by atoms with Gasteiger partial charge in [0.2, 0.25) is 0 Å². The molecule has 0 spiro atoms. The summed E-state index contributed by atoms with van der Waals surface area (Å²) in [4.78, 5) is 14.1. The van der Waals surface area contributed by atoms with Crippen LogP contribution in [0.5, 0.6) is 0 Å². The largest absolute Gasteiger partial charge is 0.455 e. The second kappa shape index (κ2) is 24.3. The van der Waals surface area contributed by atoms with Crippen LogP contribution in [-0.2, 0) is 45.8 Å². The van der Waals surface area contributed by atoms with E-state index in [-0.39, 0.29) is 20.1 Å². The van der Waals surface area contributed by atoms with Crippen LogP contribution in [-0.4, -0.2) is 23.0 Å². The van der Waals surface area contributed by atoms with Crippen LogP contribution in [0.1, 0.15) is 62.8 Å². The SMILES string of the molecule is CC(C)Cc1cc(-c2ccccc2)ncc1[Si](C)(C)C.CC(C)Cc1ccnc(-c2ccccc2)c1.[Ir].c1ccc(-c2ccc3c(c2)oc2c(-c4nccc5c4CCCC5)ccc(-c4ccc5ccccc5c4)c23)cc1. The molecule has 0 fully saturated rings. The van der Waals surface area contributed by atoms with Gasteiger partial charge in [-0.15, -0.1) is 0 Å². The second-order valence-electron chi connectivity index (χ2n) is 22.1. The minimum absolute atomic E-state index is 0. The average molecular weight is 1190 g/mol. The van der Waals surface area contributed by atoms with Crippen molar-refractivity contribution in [1.29, 1.82) is 0 Å². The molecule has 4 nitrogen and oxygen atoms in total. The third kappa shape index (κ3) is 12.4. The molecule has 7 aromatic carbocycles. The number of benzene rings is 7. The van der Waals surface area contributed by atoms with Crippen LogP contribution in [0.4, 0.5) is 0 Å². The molecule has 0 bridgehead atoms. The first kappa shape index (κ1) is 53.7. The van der Waals surface area contributed by atoms with E-state index in [4.69, 9.17) is 14.4 Å². The maximum atomic E-state index is 6.80. The van der Waals surface area contributed by atoms with Gasteiger partial charge in [-0.3, -0.25) is 15.0 Å².